The molecule has 0 aliphatic heterocycles. The maximum absolute atomic E-state index is 11.0. The molecule has 0 unspecified atom stereocenters. The van der Waals surface area contributed by atoms with Crippen molar-refractivity contribution in [3.63, 3.8) is 0 Å². The summed E-state index contributed by atoms with van der Waals surface area (Å²) in [5.41, 5.74) is 0.238. The summed E-state index contributed by atoms with van der Waals surface area (Å²) in [6.07, 6.45) is 2.64. The van der Waals surface area contributed by atoms with Gasteiger partial charge in [0.05, 0.1) is 18.9 Å². The minimum absolute atomic E-state index is 0.206. The summed E-state index contributed by atoms with van der Waals surface area (Å²) in [5.74, 6) is -0.318. The summed E-state index contributed by atoms with van der Waals surface area (Å²) in [6.45, 7) is 0.262. The summed E-state index contributed by atoms with van der Waals surface area (Å²) in [6, 6.07) is 1.37. The van der Waals surface area contributed by atoms with Crippen LogP contribution in [0.2, 0.25) is 0 Å². The zero-order valence-electron chi connectivity index (χ0n) is 6.89. The lowest BCUT2D eigenvalue weighted by Gasteiger charge is -1.99. The second-order valence-electron chi connectivity index (χ2n) is 2.11. The van der Waals surface area contributed by atoms with Gasteiger partial charge in [0.15, 0.2) is 0 Å². The van der Waals surface area contributed by atoms with Crippen LogP contribution in [0.25, 0.3) is 0 Å². The second kappa shape index (κ2) is 4.20. The Morgan fingerprint density at radius 3 is 2.92 bits per heavy atom. The Kier molecular flexibility index (Phi) is 2.97. The van der Waals surface area contributed by atoms with Gasteiger partial charge in [-0.1, -0.05) is 0 Å². The predicted molar refractivity (Wildman–Crippen MR) is 42.3 cm³/mol. The topological polar surface area (TPSA) is 65.5 Å². The van der Waals surface area contributed by atoms with Crippen molar-refractivity contribution < 1.29 is 19.1 Å². The van der Waals surface area contributed by atoms with Crippen LogP contribution in [0.4, 0.5) is 0 Å². The van der Waals surface area contributed by atoms with E-state index in [1.165, 1.54) is 25.6 Å². The van der Waals surface area contributed by atoms with Crippen LogP contribution in [0.5, 0.6) is 5.75 Å². The third-order valence-electron chi connectivity index (χ3n) is 1.32. The predicted octanol–water partition coefficient (Wildman–Crippen LogP) is 0.403. The van der Waals surface area contributed by atoms with Gasteiger partial charge in [-0.3, -0.25) is 9.78 Å². The number of ether oxygens (including phenoxy) is 2. The van der Waals surface area contributed by atoms with E-state index in [2.05, 4.69) is 14.5 Å². The van der Waals surface area contributed by atoms with E-state index in [0.29, 0.717) is 0 Å². The van der Waals surface area contributed by atoms with Gasteiger partial charge in [-0.05, 0) is 6.07 Å². The molecular formula is C8H7NO4. The number of carbonyl (C=O) groups is 2. The fraction of sp³-hybridized carbons (Fsp3) is 0.125. The molecule has 1 aromatic rings. The van der Waals surface area contributed by atoms with Crippen LogP contribution in [0, 0.1) is 0 Å². The van der Waals surface area contributed by atoms with E-state index in [4.69, 9.17) is 0 Å². The summed E-state index contributed by atoms with van der Waals surface area (Å²) in [4.78, 5) is 24.6. The first-order valence-corrected chi connectivity index (χ1v) is 3.41. The van der Waals surface area contributed by atoms with Crippen molar-refractivity contribution in [1.82, 2.24) is 4.98 Å². The van der Waals surface area contributed by atoms with Crippen molar-refractivity contribution in [3.8, 4) is 5.75 Å². The summed E-state index contributed by atoms with van der Waals surface area (Å²) >= 11 is 0. The number of rotatable bonds is 3. The molecule has 0 radical (unpaired) electrons. The molecule has 5 nitrogen and oxygen atoms in total. The quantitative estimate of drug-likeness (QED) is 0.499. The minimum atomic E-state index is -0.524. The smallest absolute Gasteiger partial charge is 0.339 e. The van der Waals surface area contributed by atoms with Gasteiger partial charge < -0.3 is 9.47 Å². The highest BCUT2D eigenvalue weighted by atomic mass is 16.5. The molecule has 0 amide bonds. The number of methoxy groups -OCH3 is 1. The van der Waals surface area contributed by atoms with E-state index >= 15 is 0 Å². The molecule has 5 heteroatoms. The van der Waals surface area contributed by atoms with Crippen molar-refractivity contribution in [1.29, 1.82) is 0 Å². The molecule has 68 valence electrons. The average molecular weight is 181 g/mol. The highest BCUT2D eigenvalue weighted by Crippen LogP contribution is 2.10. The van der Waals surface area contributed by atoms with Gasteiger partial charge in [0.1, 0.15) is 5.75 Å². The highest BCUT2D eigenvalue weighted by molar-refractivity contribution is 5.89. The van der Waals surface area contributed by atoms with Crippen LogP contribution in [0.15, 0.2) is 18.5 Å². The van der Waals surface area contributed by atoms with Crippen LogP contribution in [0.3, 0.4) is 0 Å². The third-order valence-corrected chi connectivity index (χ3v) is 1.32. The SMILES string of the molecule is COC(=O)c1cncc(OC=O)c1. The molecule has 0 fully saturated rings. The lowest BCUT2D eigenvalue weighted by atomic mass is 10.3. The van der Waals surface area contributed by atoms with E-state index in [1.54, 1.807) is 0 Å². The van der Waals surface area contributed by atoms with E-state index in [0.717, 1.165) is 0 Å². The Hall–Kier alpha value is -1.91. The number of aromatic nitrogens is 1. The van der Waals surface area contributed by atoms with E-state index in [9.17, 15) is 9.59 Å². The number of hydrogen-bond acceptors (Lipinski definition) is 5. The van der Waals surface area contributed by atoms with Crippen molar-refractivity contribution in [2.45, 2.75) is 0 Å². The molecule has 1 rings (SSSR count). The maximum atomic E-state index is 11.0. The Morgan fingerprint density at radius 2 is 2.31 bits per heavy atom. The lowest BCUT2D eigenvalue weighted by Crippen LogP contribution is -2.02. The molecule has 0 aliphatic rings. The minimum Gasteiger partial charge on any atom is -0.465 e. The van der Waals surface area contributed by atoms with Crippen molar-refractivity contribution in [3.05, 3.63) is 24.0 Å². The molecule has 0 bridgehead atoms. The molecule has 13 heavy (non-hydrogen) atoms. The van der Waals surface area contributed by atoms with Crippen molar-refractivity contribution >= 4 is 12.4 Å². The normalized spacial score (nSPS) is 9.00. The molecule has 0 aliphatic carbocycles. The molecule has 0 N–H and O–H groups in total. The highest BCUT2D eigenvalue weighted by Gasteiger charge is 2.06. The molecule has 0 atom stereocenters. The number of pyridine rings is 1. The van der Waals surface area contributed by atoms with Crippen LogP contribution in [-0.4, -0.2) is 24.5 Å². The van der Waals surface area contributed by atoms with Gasteiger partial charge in [-0.2, -0.15) is 0 Å². The third kappa shape index (κ3) is 2.26. The first-order chi connectivity index (χ1) is 6.27. The summed E-state index contributed by atoms with van der Waals surface area (Å²) < 4.78 is 8.94. The molecule has 1 heterocycles. The fourth-order valence-electron chi connectivity index (χ4n) is 0.768. The van der Waals surface area contributed by atoms with E-state index < -0.39 is 5.97 Å². The van der Waals surface area contributed by atoms with E-state index in [1.807, 2.05) is 0 Å². The van der Waals surface area contributed by atoms with Crippen LogP contribution >= 0.6 is 0 Å². The summed E-state index contributed by atoms with van der Waals surface area (Å²) in [7, 11) is 1.26. The molecular weight excluding hydrogens is 174 g/mol. The standard InChI is InChI=1S/C8H7NO4/c1-12-8(11)6-2-7(13-5-10)4-9-3-6/h2-5H,1H3. The largest absolute Gasteiger partial charge is 0.465 e. The van der Waals surface area contributed by atoms with Gasteiger partial charge in [0, 0.05) is 6.20 Å². The van der Waals surface area contributed by atoms with Gasteiger partial charge in [0.25, 0.3) is 6.47 Å². The van der Waals surface area contributed by atoms with E-state index in [-0.39, 0.29) is 17.8 Å². The van der Waals surface area contributed by atoms with Crippen molar-refractivity contribution in [2.24, 2.45) is 0 Å². The monoisotopic (exact) mass is 181 g/mol. The number of hydrogen-bond donors (Lipinski definition) is 0. The lowest BCUT2D eigenvalue weighted by molar-refractivity contribution is -0.120. The Bertz CT molecular complexity index is 324. The van der Waals surface area contributed by atoms with Gasteiger partial charge in [-0.25, -0.2) is 4.79 Å². The molecule has 1 aromatic heterocycles. The van der Waals surface area contributed by atoms with Gasteiger partial charge in [0.2, 0.25) is 0 Å². The molecule has 0 saturated carbocycles. The summed E-state index contributed by atoms with van der Waals surface area (Å²) in [5, 5.41) is 0. The first kappa shape index (κ1) is 9.18. The van der Waals surface area contributed by atoms with Gasteiger partial charge in [-0.15, -0.1) is 0 Å². The first-order valence-electron chi connectivity index (χ1n) is 3.41. The Morgan fingerprint density at radius 1 is 1.54 bits per heavy atom. The number of esters is 1. The number of nitrogens with zero attached hydrogens (tertiary/aromatic N) is 1. The Labute approximate surface area is 74.3 Å². The molecule has 0 spiro atoms. The van der Waals surface area contributed by atoms with Gasteiger partial charge >= 0.3 is 5.97 Å². The van der Waals surface area contributed by atoms with Crippen LogP contribution in [0.1, 0.15) is 10.4 Å². The molecule has 0 aromatic carbocycles. The average Bonchev–Trinajstić information content (AvgIpc) is 2.18. The van der Waals surface area contributed by atoms with Crippen LogP contribution in [-0.2, 0) is 9.53 Å². The number of carbonyl (C=O) groups excluding carboxylic acids is 2. The zero-order chi connectivity index (χ0) is 9.68. The zero-order valence-corrected chi connectivity index (χ0v) is 6.89. The second-order valence-corrected chi connectivity index (χ2v) is 2.11. The fourth-order valence-corrected chi connectivity index (χ4v) is 0.768. The van der Waals surface area contributed by atoms with Crippen molar-refractivity contribution in [2.75, 3.05) is 7.11 Å². The molecule has 0 saturated heterocycles. The van der Waals surface area contributed by atoms with Crippen LogP contribution < -0.4 is 4.74 Å². The maximum Gasteiger partial charge on any atom is 0.339 e. The Balaban J connectivity index is 2.90.